The van der Waals surface area contributed by atoms with E-state index in [9.17, 15) is 9.90 Å². The van der Waals surface area contributed by atoms with E-state index in [0.29, 0.717) is 13.1 Å². The summed E-state index contributed by atoms with van der Waals surface area (Å²) in [4.78, 5) is 18.6. The van der Waals surface area contributed by atoms with Gasteiger partial charge in [0.25, 0.3) is 0 Å². The molecule has 0 unspecified atom stereocenters. The number of carbonyl (C=O) groups excluding carboxylic acids is 1. The molecule has 1 aliphatic heterocycles. The Kier molecular flexibility index (Phi) is 4.83. The summed E-state index contributed by atoms with van der Waals surface area (Å²) in [7, 11) is 0. The van der Waals surface area contributed by atoms with E-state index in [-0.39, 0.29) is 6.03 Å². The highest BCUT2D eigenvalue weighted by atomic mass is 32.1. The van der Waals surface area contributed by atoms with Crippen LogP contribution in [0.4, 0.5) is 9.93 Å². The molecule has 3 rings (SSSR count). The van der Waals surface area contributed by atoms with Crippen molar-refractivity contribution in [1.29, 1.82) is 0 Å². The zero-order valence-corrected chi connectivity index (χ0v) is 13.6. The molecule has 2 fully saturated rings. The van der Waals surface area contributed by atoms with Crippen LogP contribution in [-0.4, -0.2) is 47.9 Å². The first-order valence-corrected chi connectivity index (χ1v) is 8.96. The summed E-state index contributed by atoms with van der Waals surface area (Å²) in [6.07, 6.45) is 5.85. The molecule has 22 heavy (non-hydrogen) atoms. The normalized spacial score (nSPS) is 19.8. The molecule has 1 aliphatic carbocycles. The summed E-state index contributed by atoms with van der Waals surface area (Å²) in [6.45, 7) is 3.12. The maximum atomic E-state index is 11.7. The Morgan fingerprint density at radius 3 is 2.77 bits per heavy atom. The highest BCUT2D eigenvalue weighted by Crippen LogP contribution is 2.30. The number of carbonyl (C=O) groups is 1. The van der Waals surface area contributed by atoms with E-state index in [1.807, 2.05) is 0 Å². The molecule has 0 bridgehead atoms. The average molecular weight is 324 g/mol. The lowest BCUT2D eigenvalue weighted by atomic mass is 9.80. The molecule has 2 aliphatic rings. The molecule has 3 N–H and O–H groups in total. The topological polar surface area (TPSA) is 77.5 Å². The van der Waals surface area contributed by atoms with Crippen LogP contribution in [0.2, 0.25) is 0 Å². The van der Waals surface area contributed by atoms with E-state index >= 15 is 0 Å². The number of aliphatic hydroxyl groups is 1. The van der Waals surface area contributed by atoms with Gasteiger partial charge in [-0.25, -0.2) is 9.78 Å². The molecule has 1 saturated carbocycles. The number of hydrogen-bond donors (Lipinski definition) is 3. The molecule has 2 amide bonds. The Hall–Kier alpha value is -1.34. The zero-order valence-electron chi connectivity index (χ0n) is 12.8. The molecule has 0 radical (unpaired) electrons. The lowest BCUT2D eigenvalue weighted by Crippen LogP contribution is -2.50. The van der Waals surface area contributed by atoms with Crippen LogP contribution in [0, 0.1) is 0 Å². The molecule has 0 spiro atoms. The number of rotatable bonds is 6. The van der Waals surface area contributed by atoms with Gasteiger partial charge in [0.1, 0.15) is 0 Å². The van der Waals surface area contributed by atoms with Gasteiger partial charge in [-0.05, 0) is 32.1 Å². The Morgan fingerprint density at radius 1 is 1.32 bits per heavy atom. The largest absolute Gasteiger partial charge is 0.388 e. The molecule has 7 heteroatoms. The molecule has 1 aromatic rings. The predicted octanol–water partition coefficient (Wildman–Crippen LogP) is 1.50. The number of hydrogen-bond acceptors (Lipinski definition) is 5. The predicted molar refractivity (Wildman–Crippen MR) is 87.5 cm³/mol. The molecule has 6 nitrogen and oxygen atoms in total. The first-order valence-electron chi connectivity index (χ1n) is 8.08. The molecule has 1 saturated heterocycles. The van der Waals surface area contributed by atoms with Crippen molar-refractivity contribution in [2.75, 3.05) is 31.1 Å². The van der Waals surface area contributed by atoms with Gasteiger partial charge in [-0.1, -0.05) is 0 Å². The van der Waals surface area contributed by atoms with Crippen molar-refractivity contribution in [2.45, 2.75) is 44.1 Å². The third-order valence-electron chi connectivity index (χ3n) is 4.45. The minimum Gasteiger partial charge on any atom is -0.388 e. The van der Waals surface area contributed by atoms with Crippen LogP contribution in [-0.2, 0) is 6.42 Å². The minimum absolute atomic E-state index is 0.213. The highest BCUT2D eigenvalue weighted by Gasteiger charge is 2.34. The number of nitrogens with one attached hydrogen (secondary N) is 2. The van der Waals surface area contributed by atoms with Gasteiger partial charge in [0.15, 0.2) is 5.13 Å². The summed E-state index contributed by atoms with van der Waals surface area (Å²) >= 11 is 1.68. The van der Waals surface area contributed by atoms with Crippen molar-refractivity contribution in [3.05, 3.63) is 11.1 Å². The molecular weight excluding hydrogens is 300 g/mol. The molecular formula is C15H24N4O2S. The standard InChI is InChI=1S/C15H24N4O2S/c20-13(17-11-15(21)5-3-6-15)16-7-4-12-10-22-14(18-12)19-8-1-2-9-19/h10,21H,1-9,11H2,(H2,16,17,20). The number of urea groups is 1. The van der Waals surface area contributed by atoms with Gasteiger partial charge in [0.2, 0.25) is 0 Å². The number of aromatic nitrogens is 1. The Morgan fingerprint density at radius 2 is 2.09 bits per heavy atom. The van der Waals surface area contributed by atoms with E-state index < -0.39 is 5.60 Å². The number of thiazole rings is 1. The van der Waals surface area contributed by atoms with Crippen molar-refractivity contribution in [1.82, 2.24) is 15.6 Å². The van der Waals surface area contributed by atoms with Crippen molar-refractivity contribution >= 4 is 22.5 Å². The summed E-state index contributed by atoms with van der Waals surface area (Å²) < 4.78 is 0. The minimum atomic E-state index is -0.670. The van der Waals surface area contributed by atoms with Gasteiger partial charge in [0, 0.05) is 38.0 Å². The van der Waals surface area contributed by atoms with E-state index in [1.54, 1.807) is 11.3 Å². The smallest absolute Gasteiger partial charge is 0.314 e. The SMILES string of the molecule is O=C(NCCc1csc(N2CCCC2)n1)NCC1(O)CCC1. The third kappa shape index (κ3) is 3.89. The van der Waals surface area contributed by atoms with Crippen molar-refractivity contribution in [2.24, 2.45) is 0 Å². The van der Waals surface area contributed by atoms with Crippen LogP contribution in [0.5, 0.6) is 0 Å². The Bertz CT molecular complexity index is 509. The number of anilines is 1. The second-order valence-electron chi connectivity index (χ2n) is 6.25. The summed E-state index contributed by atoms with van der Waals surface area (Å²) in [5.41, 5.74) is 0.362. The van der Waals surface area contributed by atoms with Gasteiger partial charge in [0.05, 0.1) is 11.3 Å². The van der Waals surface area contributed by atoms with E-state index in [4.69, 9.17) is 0 Å². The summed E-state index contributed by atoms with van der Waals surface area (Å²) in [5.74, 6) is 0. The van der Waals surface area contributed by atoms with Gasteiger partial charge in [-0.15, -0.1) is 11.3 Å². The van der Waals surface area contributed by atoms with Gasteiger partial charge < -0.3 is 20.6 Å². The van der Waals surface area contributed by atoms with E-state index in [2.05, 4.69) is 25.9 Å². The summed E-state index contributed by atoms with van der Waals surface area (Å²) in [5, 5.41) is 18.6. The van der Waals surface area contributed by atoms with Crippen LogP contribution in [0.15, 0.2) is 5.38 Å². The molecule has 0 atom stereocenters. The maximum Gasteiger partial charge on any atom is 0.314 e. The number of nitrogens with zero attached hydrogens (tertiary/aromatic N) is 2. The van der Waals surface area contributed by atoms with Gasteiger partial charge in [-0.3, -0.25) is 0 Å². The zero-order chi connectivity index (χ0) is 15.4. The van der Waals surface area contributed by atoms with Crippen molar-refractivity contribution < 1.29 is 9.90 Å². The first kappa shape index (κ1) is 15.6. The highest BCUT2D eigenvalue weighted by molar-refractivity contribution is 7.13. The second-order valence-corrected chi connectivity index (χ2v) is 7.09. The third-order valence-corrected chi connectivity index (χ3v) is 5.40. The van der Waals surface area contributed by atoms with Gasteiger partial charge in [-0.2, -0.15) is 0 Å². The van der Waals surface area contributed by atoms with E-state index in [1.165, 1.54) is 12.8 Å². The first-order chi connectivity index (χ1) is 10.6. The van der Waals surface area contributed by atoms with Crippen LogP contribution in [0.1, 0.15) is 37.8 Å². The van der Waals surface area contributed by atoms with Crippen LogP contribution in [0.25, 0.3) is 0 Å². The molecule has 122 valence electrons. The van der Waals surface area contributed by atoms with Crippen LogP contribution < -0.4 is 15.5 Å². The molecule has 0 aromatic carbocycles. The quantitative estimate of drug-likeness (QED) is 0.741. The monoisotopic (exact) mass is 324 g/mol. The fourth-order valence-electron chi connectivity index (χ4n) is 2.84. The van der Waals surface area contributed by atoms with Gasteiger partial charge >= 0.3 is 6.03 Å². The lowest BCUT2D eigenvalue weighted by Gasteiger charge is -2.36. The molecule has 2 heterocycles. The second kappa shape index (κ2) is 6.83. The summed E-state index contributed by atoms with van der Waals surface area (Å²) in [6, 6.07) is -0.213. The lowest BCUT2D eigenvalue weighted by molar-refractivity contribution is -0.0290. The van der Waals surface area contributed by atoms with Crippen molar-refractivity contribution in [3.63, 3.8) is 0 Å². The molecule has 1 aromatic heterocycles. The van der Waals surface area contributed by atoms with Crippen LogP contribution in [0.3, 0.4) is 0 Å². The Balaban J connectivity index is 1.34. The van der Waals surface area contributed by atoms with Crippen molar-refractivity contribution in [3.8, 4) is 0 Å². The van der Waals surface area contributed by atoms with Crippen LogP contribution >= 0.6 is 11.3 Å². The average Bonchev–Trinajstić information content (AvgIpc) is 3.13. The number of amides is 2. The van der Waals surface area contributed by atoms with E-state index in [0.717, 1.165) is 49.6 Å². The fraction of sp³-hybridized carbons (Fsp3) is 0.733. The Labute approximate surface area is 134 Å². The maximum absolute atomic E-state index is 11.7. The fourth-order valence-corrected chi connectivity index (χ4v) is 3.75.